The fraction of sp³-hybridized carbons (Fsp3) is 0.333. The average molecular weight is 334 g/mol. The molecule has 0 amide bonds. The minimum absolute atomic E-state index is 0.514. The van der Waals surface area contributed by atoms with Crippen LogP contribution < -0.4 is 5.73 Å². The summed E-state index contributed by atoms with van der Waals surface area (Å²) in [5.74, 6) is 1.23. The van der Waals surface area contributed by atoms with E-state index >= 15 is 0 Å². The van der Waals surface area contributed by atoms with Gasteiger partial charge in [-0.3, -0.25) is 0 Å². The van der Waals surface area contributed by atoms with Crippen molar-refractivity contribution in [3.63, 3.8) is 0 Å². The first-order chi connectivity index (χ1) is 9.56. The highest BCUT2D eigenvalue weighted by Crippen LogP contribution is 2.29. The molecule has 0 fully saturated rings. The van der Waals surface area contributed by atoms with Crippen LogP contribution >= 0.6 is 15.9 Å². The maximum atomic E-state index is 6.05. The molecule has 0 saturated carbocycles. The lowest BCUT2D eigenvalue weighted by molar-refractivity contribution is 0.109. The molecule has 104 valence electrons. The van der Waals surface area contributed by atoms with Crippen LogP contribution in [-0.4, -0.2) is 16.6 Å². The summed E-state index contributed by atoms with van der Waals surface area (Å²) >= 11 is 3.58. The number of benzene rings is 1. The standard InChI is InChI=1S/C15H16BrN3O/c1-8-5-10(6-9(2)13(8)16)15-18-12-3-4-20-7-11(12)14(17)19-15/h5-6H,3-4,7H2,1-2H3,(H2,17,18,19). The largest absolute Gasteiger partial charge is 0.383 e. The lowest BCUT2D eigenvalue weighted by Gasteiger charge is -2.18. The molecule has 1 aromatic heterocycles. The molecular formula is C15H16BrN3O. The predicted molar refractivity (Wildman–Crippen MR) is 82.4 cm³/mol. The predicted octanol–water partition coefficient (Wildman–Crippen LogP) is 3.18. The number of nitrogens with zero attached hydrogens (tertiary/aromatic N) is 2. The number of ether oxygens (including phenoxy) is 1. The number of aryl methyl sites for hydroxylation is 2. The van der Waals surface area contributed by atoms with Crippen molar-refractivity contribution in [3.8, 4) is 11.4 Å². The third kappa shape index (κ3) is 2.31. The van der Waals surface area contributed by atoms with E-state index < -0.39 is 0 Å². The van der Waals surface area contributed by atoms with Crippen LogP contribution in [0.3, 0.4) is 0 Å². The summed E-state index contributed by atoms with van der Waals surface area (Å²) < 4.78 is 6.54. The van der Waals surface area contributed by atoms with Gasteiger partial charge in [0.2, 0.25) is 0 Å². The average Bonchev–Trinajstić information content (AvgIpc) is 2.44. The van der Waals surface area contributed by atoms with E-state index in [1.807, 2.05) is 0 Å². The highest BCUT2D eigenvalue weighted by atomic mass is 79.9. The van der Waals surface area contributed by atoms with Gasteiger partial charge in [0.15, 0.2) is 5.82 Å². The molecular weight excluding hydrogens is 318 g/mol. The molecule has 0 radical (unpaired) electrons. The molecule has 3 rings (SSSR count). The van der Waals surface area contributed by atoms with Crippen molar-refractivity contribution in [2.24, 2.45) is 0 Å². The summed E-state index contributed by atoms with van der Waals surface area (Å²) in [7, 11) is 0. The van der Waals surface area contributed by atoms with Gasteiger partial charge in [-0.2, -0.15) is 0 Å². The van der Waals surface area contributed by atoms with Gasteiger partial charge < -0.3 is 10.5 Å². The third-order valence-electron chi connectivity index (χ3n) is 3.55. The van der Waals surface area contributed by atoms with Crippen LogP contribution in [0, 0.1) is 13.8 Å². The van der Waals surface area contributed by atoms with Crippen molar-refractivity contribution in [1.29, 1.82) is 0 Å². The minimum atomic E-state index is 0.514. The summed E-state index contributed by atoms with van der Waals surface area (Å²) in [5.41, 5.74) is 11.3. The SMILES string of the molecule is Cc1cc(-c2nc(N)c3c(n2)CCOC3)cc(C)c1Br. The van der Waals surface area contributed by atoms with Crippen molar-refractivity contribution in [2.75, 3.05) is 12.3 Å². The summed E-state index contributed by atoms with van der Waals surface area (Å²) in [6, 6.07) is 4.16. The van der Waals surface area contributed by atoms with Crippen LogP contribution in [0.1, 0.15) is 22.4 Å². The second-order valence-electron chi connectivity index (χ2n) is 5.08. The van der Waals surface area contributed by atoms with Crippen LogP contribution in [0.2, 0.25) is 0 Å². The molecule has 0 spiro atoms. The number of rotatable bonds is 1. The number of nitrogens with two attached hydrogens (primary N) is 1. The summed E-state index contributed by atoms with van der Waals surface area (Å²) in [6.45, 7) is 5.34. The second kappa shape index (κ2) is 5.14. The van der Waals surface area contributed by atoms with Gasteiger partial charge in [0, 0.05) is 22.0 Å². The number of halogens is 1. The lowest BCUT2D eigenvalue weighted by atomic mass is 10.1. The number of hydrogen-bond donors (Lipinski definition) is 1. The number of fused-ring (bicyclic) bond motifs is 1. The van der Waals surface area contributed by atoms with E-state index in [9.17, 15) is 0 Å². The summed E-state index contributed by atoms with van der Waals surface area (Å²) in [5, 5.41) is 0. The molecule has 0 bridgehead atoms. The normalized spacial score (nSPS) is 14.2. The zero-order valence-electron chi connectivity index (χ0n) is 11.5. The smallest absolute Gasteiger partial charge is 0.161 e. The second-order valence-corrected chi connectivity index (χ2v) is 5.88. The first-order valence-corrected chi connectivity index (χ1v) is 7.35. The fourth-order valence-corrected chi connectivity index (χ4v) is 2.69. The van der Waals surface area contributed by atoms with Crippen LogP contribution in [0.4, 0.5) is 5.82 Å². The Labute approximate surface area is 126 Å². The Kier molecular flexibility index (Phi) is 3.48. The first-order valence-electron chi connectivity index (χ1n) is 6.56. The van der Waals surface area contributed by atoms with Crippen LogP contribution in [0.15, 0.2) is 16.6 Å². The molecule has 0 saturated heterocycles. The van der Waals surface area contributed by atoms with Crippen LogP contribution in [0.25, 0.3) is 11.4 Å². The molecule has 0 atom stereocenters. The van der Waals surface area contributed by atoms with Gasteiger partial charge in [-0.15, -0.1) is 0 Å². The molecule has 2 aromatic rings. The zero-order chi connectivity index (χ0) is 14.3. The molecule has 1 aliphatic rings. The van der Waals surface area contributed by atoms with Crippen molar-refractivity contribution in [2.45, 2.75) is 26.9 Å². The zero-order valence-corrected chi connectivity index (χ0v) is 13.1. The van der Waals surface area contributed by atoms with Crippen molar-refractivity contribution < 1.29 is 4.74 Å². The number of hydrogen-bond acceptors (Lipinski definition) is 4. The van der Waals surface area contributed by atoms with E-state index in [1.165, 1.54) is 11.1 Å². The molecule has 2 heterocycles. The van der Waals surface area contributed by atoms with Gasteiger partial charge in [-0.1, -0.05) is 15.9 Å². The number of anilines is 1. The van der Waals surface area contributed by atoms with Crippen molar-refractivity contribution in [1.82, 2.24) is 9.97 Å². The Morgan fingerprint density at radius 2 is 1.90 bits per heavy atom. The maximum absolute atomic E-state index is 6.05. The maximum Gasteiger partial charge on any atom is 0.161 e. The Morgan fingerprint density at radius 3 is 2.60 bits per heavy atom. The van der Waals surface area contributed by atoms with Crippen LogP contribution in [-0.2, 0) is 17.8 Å². The molecule has 4 nitrogen and oxygen atoms in total. The summed E-state index contributed by atoms with van der Waals surface area (Å²) in [4.78, 5) is 9.11. The first kappa shape index (κ1) is 13.5. The monoisotopic (exact) mass is 333 g/mol. The Bertz CT molecular complexity index is 662. The minimum Gasteiger partial charge on any atom is -0.383 e. The van der Waals surface area contributed by atoms with Gasteiger partial charge >= 0.3 is 0 Å². The molecule has 1 aromatic carbocycles. The van der Waals surface area contributed by atoms with E-state index in [4.69, 9.17) is 10.5 Å². The molecule has 0 unspecified atom stereocenters. The van der Waals surface area contributed by atoms with Crippen molar-refractivity contribution in [3.05, 3.63) is 39.0 Å². The Morgan fingerprint density at radius 1 is 1.20 bits per heavy atom. The van der Waals surface area contributed by atoms with Gasteiger partial charge in [0.1, 0.15) is 5.82 Å². The summed E-state index contributed by atoms with van der Waals surface area (Å²) in [6.07, 6.45) is 0.795. The molecule has 5 heteroatoms. The van der Waals surface area contributed by atoms with Gasteiger partial charge in [0.05, 0.1) is 18.9 Å². The van der Waals surface area contributed by atoms with E-state index in [-0.39, 0.29) is 0 Å². The number of aromatic nitrogens is 2. The van der Waals surface area contributed by atoms with Gasteiger partial charge in [-0.25, -0.2) is 9.97 Å². The van der Waals surface area contributed by atoms with Crippen LogP contribution in [0.5, 0.6) is 0 Å². The molecule has 2 N–H and O–H groups in total. The topological polar surface area (TPSA) is 61.0 Å². The third-order valence-corrected chi connectivity index (χ3v) is 4.80. The molecule has 20 heavy (non-hydrogen) atoms. The molecule has 0 aliphatic carbocycles. The van der Waals surface area contributed by atoms with E-state index in [0.717, 1.165) is 27.7 Å². The van der Waals surface area contributed by atoms with E-state index in [2.05, 4.69) is 51.9 Å². The Hall–Kier alpha value is -1.46. The van der Waals surface area contributed by atoms with E-state index in [0.29, 0.717) is 24.9 Å². The van der Waals surface area contributed by atoms with Gasteiger partial charge in [0.25, 0.3) is 0 Å². The fourth-order valence-electron chi connectivity index (χ4n) is 2.46. The van der Waals surface area contributed by atoms with Gasteiger partial charge in [-0.05, 0) is 37.1 Å². The van der Waals surface area contributed by atoms with E-state index in [1.54, 1.807) is 0 Å². The number of nitrogen functional groups attached to an aromatic ring is 1. The van der Waals surface area contributed by atoms with Crippen molar-refractivity contribution >= 4 is 21.7 Å². The highest BCUT2D eigenvalue weighted by Gasteiger charge is 2.17. The quantitative estimate of drug-likeness (QED) is 0.870. The lowest BCUT2D eigenvalue weighted by Crippen LogP contribution is -2.16. The molecule has 1 aliphatic heterocycles. The Balaban J connectivity index is 2.13. The highest BCUT2D eigenvalue weighted by molar-refractivity contribution is 9.10.